The summed E-state index contributed by atoms with van der Waals surface area (Å²) in [5.74, 6) is 0. The second-order valence-corrected chi connectivity index (χ2v) is 6.10. The largest absolute Gasteiger partial charge is 0.317 e. The van der Waals surface area contributed by atoms with Crippen LogP contribution in [0, 0.1) is 0 Å². The summed E-state index contributed by atoms with van der Waals surface area (Å²) in [5.41, 5.74) is 0. The summed E-state index contributed by atoms with van der Waals surface area (Å²) in [4.78, 5) is 7.24. The Morgan fingerprint density at radius 1 is 1.44 bits per heavy atom. The zero-order valence-corrected chi connectivity index (χ0v) is 11.2. The van der Waals surface area contributed by atoms with Crippen molar-refractivity contribution in [2.45, 2.75) is 25.8 Å². The molecule has 0 spiro atoms. The van der Waals surface area contributed by atoms with Crippen molar-refractivity contribution in [2.75, 3.05) is 7.05 Å². The van der Waals surface area contributed by atoms with E-state index in [9.17, 15) is 0 Å². The number of hydrogen-bond acceptors (Lipinski definition) is 4. The molecule has 0 fully saturated rings. The quantitative estimate of drug-likeness (QED) is 0.885. The molecule has 0 aliphatic rings. The lowest BCUT2D eigenvalue weighted by atomic mass is 10.2. The van der Waals surface area contributed by atoms with Crippen LogP contribution < -0.4 is 5.32 Å². The molecule has 0 aliphatic carbocycles. The maximum Gasteiger partial charge on any atom is 0.0979 e. The molecule has 1 unspecified atom stereocenters. The van der Waals surface area contributed by atoms with Gasteiger partial charge in [0.05, 0.1) is 5.01 Å². The number of thiophene rings is 1. The minimum Gasteiger partial charge on any atom is -0.317 e. The molecule has 86 valence electrons. The van der Waals surface area contributed by atoms with Gasteiger partial charge in [0.25, 0.3) is 0 Å². The lowest BCUT2D eigenvalue weighted by Gasteiger charge is -2.06. The zero-order chi connectivity index (χ0) is 11.4. The van der Waals surface area contributed by atoms with Crippen molar-refractivity contribution in [3.05, 3.63) is 38.5 Å². The molecule has 2 aromatic rings. The van der Waals surface area contributed by atoms with E-state index in [4.69, 9.17) is 0 Å². The minimum absolute atomic E-state index is 0.523. The molecule has 0 radical (unpaired) electrons. The minimum atomic E-state index is 0.523. The van der Waals surface area contributed by atoms with E-state index < -0.39 is 0 Å². The van der Waals surface area contributed by atoms with E-state index in [0.29, 0.717) is 6.04 Å². The Labute approximate surface area is 104 Å². The van der Waals surface area contributed by atoms with Crippen LogP contribution in [0.1, 0.15) is 21.7 Å². The van der Waals surface area contributed by atoms with Crippen molar-refractivity contribution in [3.63, 3.8) is 0 Å². The number of rotatable bonds is 5. The normalized spacial score (nSPS) is 12.9. The van der Waals surface area contributed by atoms with Gasteiger partial charge in [0, 0.05) is 28.4 Å². The SMILES string of the molecule is CNC(C)Cc1cnc(Cc2cccs2)s1. The topological polar surface area (TPSA) is 24.9 Å². The van der Waals surface area contributed by atoms with Crippen LogP contribution >= 0.6 is 22.7 Å². The molecule has 1 atom stereocenters. The summed E-state index contributed by atoms with van der Waals surface area (Å²) >= 11 is 3.63. The molecule has 16 heavy (non-hydrogen) atoms. The highest BCUT2D eigenvalue weighted by Gasteiger charge is 2.06. The molecule has 2 aromatic heterocycles. The van der Waals surface area contributed by atoms with Crippen molar-refractivity contribution < 1.29 is 0 Å². The van der Waals surface area contributed by atoms with Gasteiger partial charge in [-0.1, -0.05) is 6.07 Å². The predicted molar refractivity (Wildman–Crippen MR) is 71.5 cm³/mol. The van der Waals surface area contributed by atoms with Gasteiger partial charge in [0.15, 0.2) is 0 Å². The van der Waals surface area contributed by atoms with Crippen molar-refractivity contribution in [3.8, 4) is 0 Å². The third-order valence-electron chi connectivity index (χ3n) is 2.51. The monoisotopic (exact) mass is 252 g/mol. The van der Waals surface area contributed by atoms with Crippen LogP contribution in [-0.2, 0) is 12.8 Å². The lowest BCUT2D eigenvalue weighted by Crippen LogP contribution is -2.22. The van der Waals surface area contributed by atoms with Crippen LogP contribution in [0.4, 0.5) is 0 Å². The van der Waals surface area contributed by atoms with Crippen LogP contribution in [-0.4, -0.2) is 18.1 Å². The van der Waals surface area contributed by atoms with E-state index >= 15 is 0 Å². The molecule has 0 aliphatic heterocycles. The summed E-state index contributed by atoms with van der Waals surface area (Å²) in [6.45, 7) is 2.19. The van der Waals surface area contributed by atoms with Crippen molar-refractivity contribution in [1.29, 1.82) is 0 Å². The van der Waals surface area contributed by atoms with Crippen LogP contribution in [0.25, 0.3) is 0 Å². The predicted octanol–water partition coefficient (Wildman–Crippen LogP) is 2.95. The molecular weight excluding hydrogens is 236 g/mol. The van der Waals surface area contributed by atoms with E-state index in [1.54, 1.807) is 11.3 Å². The second-order valence-electron chi connectivity index (χ2n) is 3.87. The molecule has 1 N–H and O–H groups in total. The maximum absolute atomic E-state index is 4.48. The molecule has 0 amide bonds. The second kappa shape index (κ2) is 5.57. The molecule has 0 aromatic carbocycles. The van der Waals surface area contributed by atoms with E-state index in [2.05, 4.69) is 34.7 Å². The van der Waals surface area contributed by atoms with Crippen molar-refractivity contribution in [1.82, 2.24) is 10.3 Å². The summed E-state index contributed by atoms with van der Waals surface area (Å²) in [5, 5.41) is 6.59. The summed E-state index contributed by atoms with van der Waals surface area (Å²) in [7, 11) is 2.00. The van der Waals surface area contributed by atoms with E-state index in [1.807, 2.05) is 24.6 Å². The van der Waals surface area contributed by atoms with Gasteiger partial charge < -0.3 is 5.32 Å². The Morgan fingerprint density at radius 3 is 3.00 bits per heavy atom. The third-order valence-corrected chi connectivity index (χ3v) is 4.40. The number of likely N-dealkylation sites (N-methyl/N-ethyl adjacent to an activating group) is 1. The fourth-order valence-corrected chi connectivity index (χ4v) is 3.37. The molecular formula is C12H16N2S2. The zero-order valence-electron chi connectivity index (χ0n) is 9.56. The summed E-state index contributed by atoms with van der Waals surface area (Å²) in [6.07, 6.45) is 4.07. The standard InChI is InChI=1S/C12H16N2S2/c1-9(13-2)6-11-8-14-12(16-11)7-10-4-3-5-15-10/h3-5,8-9,13H,6-7H2,1-2H3. The van der Waals surface area contributed by atoms with Gasteiger partial charge in [0.2, 0.25) is 0 Å². The Hall–Kier alpha value is -0.710. The van der Waals surface area contributed by atoms with Gasteiger partial charge in [-0.2, -0.15) is 0 Å². The average Bonchev–Trinajstić information content (AvgIpc) is 2.91. The third kappa shape index (κ3) is 3.14. The van der Waals surface area contributed by atoms with E-state index in [0.717, 1.165) is 12.8 Å². The molecule has 2 rings (SSSR count). The van der Waals surface area contributed by atoms with E-state index in [1.165, 1.54) is 14.8 Å². The van der Waals surface area contributed by atoms with Crippen LogP contribution in [0.5, 0.6) is 0 Å². The first-order valence-electron chi connectivity index (χ1n) is 5.41. The summed E-state index contributed by atoms with van der Waals surface area (Å²) < 4.78 is 0. The number of nitrogens with one attached hydrogen (secondary N) is 1. The highest BCUT2D eigenvalue weighted by Crippen LogP contribution is 2.20. The lowest BCUT2D eigenvalue weighted by molar-refractivity contribution is 0.612. The van der Waals surface area contributed by atoms with E-state index in [-0.39, 0.29) is 0 Å². The van der Waals surface area contributed by atoms with Crippen molar-refractivity contribution in [2.24, 2.45) is 0 Å². The first-order chi connectivity index (χ1) is 7.78. The molecule has 0 bridgehead atoms. The van der Waals surface area contributed by atoms with Gasteiger partial charge >= 0.3 is 0 Å². The Kier molecular flexibility index (Phi) is 4.09. The fourth-order valence-electron chi connectivity index (χ4n) is 1.49. The number of hydrogen-bond donors (Lipinski definition) is 1. The highest BCUT2D eigenvalue weighted by molar-refractivity contribution is 7.12. The summed E-state index contributed by atoms with van der Waals surface area (Å²) in [6, 6.07) is 4.79. The van der Waals surface area contributed by atoms with Crippen LogP contribution in [0.2, 0.25) is 0 Å². The number of aromatic nitrogens is 1. The average molecular weight is 252 g/mol. The maximum atomic E-state index is 4.48. The molecule has 0 saturated carbocycles. The Morgan fingerprint density at radius 2 is 2.31 bits per heavy atom. The molecule has 2 heterocycles. The molecule has 0 saturated heterocycles. The van der Waals surface area contributed by atoms with Gasteiger partial charge in [0.1, 0.15) is 0 Å². The van der Waals surface area contributed by atoms with Gasteiger partial charge in [-0.15, -0.1) is 22.7 Å². The number of nitrogens with zero attached hydrogens (tertiary/aromatic N) is 1. The smallest absolute Gasteiger partial charge is 0.0979 e. The highest BCUT2D eigenvalue weighted by atomic mass is 32.1. The van der Waals surface area contributed by atoms with Gasteiger partial charge in [-0.25, -0.2) is 4.98 Å². The molecule has 4 heteroatoms. The van der Waals surface area contributed by atoms with Crippen molar-refractivity contribution >= 4 is 22.7 Å². The molecule has 2 nitrogen and oxygen atoms in total. The fraction of sp³-hybridized carbons (Fsp3) is 0.417. The van der Waals surface area contributed by atoms with Crippen LogP contribution in [0.15, 0.2) is 23.7 Å². The Balaban J connectivity index is 1.97. The first kappa shape index (κ1) is 11.8. The Bertz CT molecular complexity index is 420. The van der Waals surface area contributed by atoms with Gasteiger partial charge in [-0.05, 0) is 31.8 Å². The van der Waals surface area contributed by atoms with Crippen LogP contribution in [0.3, 0.4) is 0 Å². The first-order valence-corrected chi connectivity index (χ1v) is 7.10. The number of thiazole rings is 1. The van der Waals surface area contributed by atoms with Gasteiger partial charge in [-0.3, -0.25) is 0 Å².